The van der Waals surface area contributed by atoms with E-state index in [2.05, 4.69) is 15.9 Å². The standard InChI is InChI=1S/C18H9BrN2O4/c19-14-8-12-13(9-16(14)21(24)25)18(23)20(17(12)22)15-7-3-5-10-4-1-2-6-11(10)15/h1-9H. The maximum Gasteiger partial charge on any atom is 0.284 e. The zero-order chi connectivity index (χ0) is 17.7. The molecule has 0 fully saturated rings. The Hall–Kier alpha value is -3.06. The second kappa shape index (κ2) is 5.49. The lowest BCUT2D eigenvalue weighted by atomic mass is 10.1. The highest BCUT2D eigenvalue weighted by Crippen LogP contribution is 2.37. The van der Waals surface area contributed by atoms with Crippen molar-refractivity contribution in [2.24, 2.45) is 0 Å². The second-order valence-electron chi connectivity index (χ2n) is 5.55. The van der Waals surface area contributed by atoms with E-state index in [0.29, 0.717) is 5.69 Å². The average molecular weight is 397 g/mol. The van der Waals surface area contributed by atoms with E-state index >= 15 is 0 Å². The fourth-order valence-corrected chi connectivity index (χ4v) is 3.50. The molecular weight excluding hydrogens is 388 g/mol. The van der Waals surface area contributed by atoms with E-state index < -0.39 is 16.7 Å². The van der Waals surface area contributed by atoms with Gasteiger partial charge < -0.3 is 0 Å². The molecule has 7 heteroatoms. The Morgan fingerprint density at radius 2 is 1.56 bits per heavy atom. The molecule has 1 aliphatic heterocycles. The van der Waals surface area contributed by atoms with Gasteiger partial charge in [0.15, 0.2) is 0 Å². The molecule has 0 aliphatic carbocycles. The summed E-state index contributed by atoms with van der Waals surface area (Å²) in [5.74, 6) is -1.06. The molecule has 0 aromatic heterocycles. The summed E-state index contributed by atoms with van der Waals surface area (Å²) in [7, 11) is 0. The molecule has 122 valence electrons. The van der Waals surface area contributed by atoms with E-state index in [-0.39, 0.29) is 21.3 Å². The number of fused-ring (bicyclic) bond motifs is 2. The van der Waals surface area contributed by atoms with Gasteiger partial charge >= 0.3 is 0 Å². The Morgan fingerprint density at radius 1 is 0.920 bits per heavy atom. The van der Waals surface area contributed by atoms with Gasteiger partial charge in [0.05, 0.1) is 26.2 Å². The molecule has 4 rings (SSSR count). The van der Waals surface area contributed by atoms with Crippen LogP contribution in [-0.4, -0.2) is 16.7 Å². The fourth-order valence-electron chi connectivity index (χ4n) is 3.01. The molecule has 0 spiro atoms. The number of hydrogen-bond acceptors (Lipinski definition) is 4. The van der Waals surface area contributed by atoms with Crippen molar-refractivity contribution < 1.29 is 14.5 Å². The summed E-state index contributed by atoms with van der Waals surface area (Å²) in [6.07, 6.45) is 0. The van der Waals surface area contributed by atoms with Gasteiger partial charge in [-0.1, -0.05) is 36.4 Å². The van der Waals surface area contributed by atoms with Gasteiger partial charge in [0.1, 0.15) is 0 Å². The molecule has 2 amide bonds. The van der Waals surface area contributed by atoms with Crippen LogP contribution in [0.1, 0.15) is 20.7 Å². The van der Waals surface area contributed by atoms with Crippen molar-refractivity contribution >= 4 is 49.9 Å². The number of benzene rings is 3. The lowest BCUT2D eigenvalue weighted by Crippen LogP contribution is -2.29. The fraction of sp³-hybridized carbons (Fsp3) is 0. The molecule has 0 saturated carbocycles. The first-order valence-electron chi connectivity index (χ1n) is 7.33. The minimum atomic E-state index is -0.595. The van der Waals surface area contributed by atoms with Gasteiger partial charge in [-0.15, -0.1) is 0 Å². The van der Waals surface area contributed by atoms with Crippen LogP contribution in [0.3, 0.4) is 0 Å². The molecule has 0 atom stereocenters. The predicted molar refractivity (Wildman–Crippen MR) is 95.9 cm³/mol. The van der Waals surface area contributed by atoms with Crippen molar-refractivity contribution in [2.75, 3.05) is 4.90 Å². The molecular formula is C18H9BrN2O4. The van der Waals surface area contributed by atoms with Crippen LogP contribution >= 0.6 is 15.9 Å². The molecule has 25 heavy (non-hydrogen) atoms. The number of carbonyl (C=O) groups excluding carboxylic acids is 2. The summed E-state index contributed by atoms with van der Waals surface area (Å²) in [4.78, 5) is 37.2. The molecule has 0 N–H and O–H groups in total. The number of halogens is 1. The van der Waals surface area contributed by atoms with Crippen molar-refractivity contribution in [1.82, 2.24) is 0 Å². The summed E-state index contributed by atoms with van der Waals surface area (Å²) in [6.45, 7) is 0. The largest absolute Gasteiger partial charge is 0.284 e. The highest BCUT2D eigenvalue weighted by molar-refractivity contribution is 9.10. The van der Waals surface area contributed by atoms with E-state index in [9.17, 15) is 19.7 Å². The minimum absolute atomic E-state index is 0.0350. The van der Waals surface area contributed by atoms with Crippen LogP contribution < -0.4 is 4.90 Å². The molecule has 0 saturated heterocycles. The van der Waals surface area contributed by atoms with Gasteiger partial charge in [0.25, 0.3) is 17.5 Å². The van der Waals surface area contributed by atoms with Crippen molar-refractivity contribution in [1.29, 1.82) is 0 Å². The third-order valence-corrected chi connectivity index (χ3v) is 4.79. The third-order valence-electron chi connectivity index (χ3n) is 4.16. The first-order valence-corrected chi connectivity index (χ1v) is 8.13. The predicted octanol–water partition coefficient (Wildman–Crippen LogP) is 4.31. The van der Waals surface area contributed by atoms with Crippen LogP contribution in [0, 0.1) is 10.1 Å². The van der Waals surface area contributed by atoms with Crippen molar-refractivity contribution in [3.63, 3.8) is 0 Å². The van der Waals surface area contributed by atoms with Crippen LogP contribution in [0.2, 0.25) is 0 Å². The summed E-state index contributed by atoms with van der Waals surface area (Å²) in [6, 6.07) is 15.2. The quantitative estimate of drug-likeness (QED) is 0.367. The third kappa shape index (κ3) is 2.24. The topological polar surface area (TPSA) is 80.5 Å². The molecule has 1 heterocycles. The van der Waals surface area contributed by atoms with Gasteiger partial charge in [-0.2, -0.15) is 0 Å². The number of anilines is 1. The Kier molecular flexibility index (Phi) is 3.40. The van der Waals surface area contributed by atoms with Gasteiger partial charge in [0.2, 0.25) is 0 Å². The van der Waals surface area contributed by atoms with Crippen molar-refractivity contribution in [2.45, 2.75) is 0 Å². The smallest absolute Gasteiger partial charge is 0.268 e. The monoisotopic (exact) mass is 396 g/mol. The number of imide groups is 1. The molecule has 0 radical (unpaired) electrons. The highest BCUT2D eigenvalue weighted by atomic mass is 79.9. The first kappa shape index (κ1) is 15.5. The van der Waals surface area contributed by atoms with Gasteiger partial charge in [-0.25, -0.2) is 4.90 Å². The van der Waals surface area contributed by atoms with Gasteiger partial charge in [-0.3, -0.25) is 19.7 Å². The van der Waals surface area contributed by atoms with E-state index in [4.69, 9.17) is 0 Å². The normalized spacial score (nSPS) is 13.4. The summed E-state index contributed by atoms with van der Waals surface area (Å²) in [5, 5.41) is 12.8. The second-order valence-corrected chi connectivity index (χ2v) is 6.40. The van der Waals surface area contributed by atoms with Crippen molar-refractivity contribution in [3.8, 4) is 0 Å². The maximum absolute atomic E-state index is 12.8. The van der Waals surface area contributed by atoms with Crippen LogP contribution in [0.5, 0.6) is 0 Å². The number of nitro groups is 1. The van der Waals surface area contributed by atoms with Crippen molar-refractivity contribution in [3.05, 3.63) is 80.3 Å². The summed E-state index contributed by atoms with van der Waals surface area (Å²) in [5.41, 5.74) is 0.394. The Morgan fingerprint density at radius 3 is 2.28 bits per heavy atom. The van der Waals surface area contributed by atoms with E-state index in [1.54, 1.807) is 12.1 Å². The van der Waals surface area contributed by atoms with E-state index in [0.717, 1.165) is 21.7 Å². The molecule has 0 unspecified atom stereocenters. The number of nitrogens with zero attached hydrogens (tertiary/aromatic N) is 2. The Labute approximate surface area is 149 Å². The minimum Gasteiger partial charge on any atom is -0.268 e. The number of hydrogen-bond donors (Lipinski definition) is 0. The first-order chi connectivity index (χ1) is 12.0. The van der Waals surface area contributed by atoms with Gasteiger partial charge in [0, 0.05) is 11.5 Å². The molecule has 1 aliphatic rings. The van der Waals surface area contributed by atoms with Gasteiger partial charge in [-0.05, 0) is 33.4 Å². The molecule has 3 aromatic carbocycles. The average Bonchev–Trinajstić information content (AvgIpc) is 2.84. The highest BCUT2D eigenvalue weighted by Gasteiger charge is 2.39. The van der Waals surface area contributed by atoms with Crippen LogP contribution in [0.15, 0.2) is 59.1 Å². The number of amides is 2. The zero-order valence-corrected chi connectivity index (χ0v) is 14.2. The number of carbonyl (C=O) groups is 2. The number of rotatable bonds is 2. The Balaban J connectivity index is 1.92. The maximum atomic E-state index is 12.8. The van der Waals surface area contributed by atoms with Crippen LogP contribution in [0.4, 0.5) is 11.4 Å². The lowest BCUT2D eigenvalue weighted by Gasteiger charge is -2.16. The zero-order valence-electron chi connectivity index (χ0n) is 12.6. The number of nitro benzene ring substituents is 1. The lowest BCUT2D eigenvalue weighted by molar-refractivity contribution is -0.385. The summed E-state index contributed by atoms with van der Waals surface area (Å²) >= 11 is 3.09. The van der Waals surface area contributed by atoms with Crippen LogP contribution in [0.25, 0.3) is 10.8 Å². The molecule has 0 bridgehead atoms. The van der Waals surface area contributed by atoms with E-state index in [1.807, 2.05) is 30.3 Å². The SMILES string of the molecule is O=C1c2cc(Br)c([N+](=O)[O-])cc2C(=O)N1c1cccc2ccccc12. The summed E-state index contributed by atoms with van der Waals surface area (Å²) < 4.78 is 0.164. The molecule has 3 aromatic rings. The van der Waals surface area contributed by atoms with Crippen LogP contribution in [-0.2, 0) is 0 Å². The Bertz CT molecular complexity index is 1090. The molecule has 6 nitrogen and oxygen atoms in total. The van der Waals surface area contributed by atoms with E-state index in [1.165, 1.54) is 6.07 Å².